The SMILES string of the molecule is CC1CCC(NC(=O)[C@@]2(C)Cn3c(cc4sccc43)C(=O)N2Cc2ccccc2F)CC1. The highest BCUT2D eigenvalue weighted by Crippen LogP contribution is 2.36. The highest BCUT2D eigenvalue weighted by Gasteiger charge is 2.48. The lowest BCUT2D eigenvalue weighted by Gasteiger charge is -2.45. The first kappa shape index (κ1) is 21.2. The molecule has 1 saturated carbocycles. The van der Waals surface area contributed by atoms with Crippen molar-refractivity contribution in [2.75, 3.05) is 0 Å². The first-order valence-corrected chi connectivity index (χ1v) is 12.2. The van der Waals surface area contributed by atoms with E-state index in [0.29, 0.717) is 23.7 Å². The van der Waals surface area contributed by atoms with E-state index < -0.39 is 5.54 Å². The third-order valence-electron chi connectivity index (χ3n) is 7.18. The Hall–Kier alpha value is -2.67. The van der Waals surface area contributed by atoms with E-state index in [2.05, 4.69) is 12.2 Å². The van der Waals surface area contributed by atoms with Crippen molar-refractivity contribution in [3.63, 3.8) is 0 Å². The minimum Gasteiger partial charge on any atom is -0.351 e. The minimum atomic E-state index is -1.12. The summed E-state index contributed by atoms with van der Waals surface area (Å²) in [7, 11) is 0. The molecule has 5 nitrogen and oxygen atoms in total. The van der Waals surface area contributed by atoms with Crippen molar-refractivity contribution in [1.29, 1.82) is 0 Å². The second-order valence-corrected chi connectivity index (χ2v) is 10.4. The van der Waals surface area contributed by atoms with Gasteiger partial charge in [0.05, 0.1) is 23.3 Å². The standard InChI is InChI=1S/C25H28FN3O2S/c1-16-7-9-18(10-8-16)27-24(31)25(2)15-28-20-11-12-32-22(20)13-21(28)23(30)29(25)14-17-5-3-4-6-19(17)26/h3-6,11-13,16,18H,7-10,14-15H2,1-2H3,(H,27,31)/t16?,18?,25-/m1/s1. The average molecular weight is 454 g/mol. The molecular weight excluding hydrogens is 425 g/mol. The maximum atomic E-state index is 14.5. The number of halogens is 1. The molecule has 1 fully saturated rings. The Morgan fingerprint density at radius 2 is 1.97 bits per heavy atom. The molecule has 2 aromatic heterocycles. The average Bonchev–Trinajstić information content (AvgIpc) is 3.36. The third-order valence-corrected chi connectivity index (χ3v) is 8.03. The Morgan fingerprint density at radius 3 is 2.72 bits per heavy atom. The molecule has 0 unspecified atom stereocenters. The molecule has 0 spiro atoms. The number of carbonyl (C=O) groups excluding carboxylic acids is 2. The van der Waals surface area contributed by atoms with Gasteiger partial charge in [-0.25, -0.2) is 4.39 Å². The van der Waals surface area contributed by atoms with E-state index in [-0.39, 0.29) is 30.2 Å². The van der Waals surface area contributed by atoms with Crippen LogP contribution in [0.5, 0.6) is 0 Å². The lowest BCUT2D eigenvalue weighted by atomic mass is 9.86. The summed E-state index contributed by atoms with van der Waals surface area (Å²) in [6.45, 7) is 4.45. The normalized spacial score (nSPS) is 25.7. The van der Waals surface area contributed by atoms with Gasteiger partial charge in [0.25, 0.3) is 5.91 Å². The minimum absolute atomic E-state index is 0.0515. The number of nitrogens with zero attached hydrogens (tertiary/aromatic N) is 2. The molecule has 0 bridgehead atoms. The summed E-state index contributed by atoms with van der Waals surface area (Å²) >= 11 is 1.58. The number of benzene rings is 1. The van der Waals surface area contributed by atoms with Crippen LogP contribution in [0.25, 0.3) is 10.2 Å². The monoisotopic (exact) mass is 453 g/mol. The molecule has 1 aliphatic carbocycles. The highest BCUT2D eigenvalue weighted by molar-refractivity contribution is 7.17. The van der Waals surface area contributed by atoms with E-state index in [0.717, 1.165) is 35.9 Å². The van der Waals surface area contributed by atoms with E-state index in [1.54, 1.807) is 34.4 Å². The molecule has 3 heterocycles. The predicted octanol–water partition coefficient (Wildman–Crippen LogP) is 4.95. The van der Waals surface area contributed by atoms with Crippen molar-refractivity contribution in [3.8, 4) is 0 Å². The summed E-state index contributed by atoms with van der Waals surface area (Å²) in [5.41, 5.74) is 0.811. The van der Waals surface area contributed by atoms with Crippen molar-refractivity contribution >= 4 is 33.4 Å². The molecule has 5 rings (SSSR count). The van der Waals surface area contributed by atoms with Crippen molar-refractivity contribution in [2.24, 2.45) is 5.92 Å². The molecule has 1 aromatic carbocycles. The van der Waals surface area contributed by atoms with Crippen LogP contribution >= 0.6 is 11.3 Å². The molecule has 1 N–H and O–H groups in total. The van der Waals surface area contributed by atoms with Gasteiger partial charge >= 0.3 is 0 Å². The number of carbonyl (C=O) groups is 2. The summed E-state index contributed by atoms with van der Waals surface area (Å²) in [4.78, 5) is 28.9. The lowest BCUT2D eigenvalue weighted by Crippen LogP contribution is -2.64. The highest BCUT2D eigenvalue weighted by atomic mass is 32.1. The van der Waals surface area contributed by atoms with Gasteiger partial charge in [0.15, 0.2) is 0 Å². The zero-order valence-corrected chi connectivity index (χ0v) is 19.3. The van der Waals surface area contributed by atoms with Crippen LogP contribution in [0.1, 0.15) is 55.6 Å². The van der Waals surface area contributed by atoms with E-state index in [9.17, 15) is 14.0 Å². The van der Waals surface area contributed by atoms with E-state index in [1.807, 2.05) is 29.0 Å². The first-order valence-electron chi connectivity index (χ1n) is 11.3. The Bertz CT molecular complexity index is 1180. The third kappa shape index (κ3) is 3.52. The summed E-state index contributed by atoms with van der Waals surface area (Å²) in [5.74, 6) is -0.0876. The van der Waals surface area contributed by atoms with Crippen LogP contribution in [-0.4, -0.2) is 32.9 Å². The fourth-order valence-electron chi connectivity index (χ4n) is 5.06. The topological polar surface area (TPSA) is 54.3 Å². The van der Waals surface area contributed by atoms with Gasteiger partial charge < -0.3 is 14.8 Å². The largest absolute Gasteiger partial charge is 0.351 e. The molecule has 2 amide bonds. The Morgan fingerprint density at radius 1 is 1.22 bits per heavy atom. The van der Waals surface area contributed by atoms with Crippen LogP contribution < -0.4 is 5.32 Å². The van der Waals surface area contributed by atoms with E-state index in [4.69, 9.17) is 0 Å². The van der Waals surface area contributed by atoms with Gasteiger partial charge in [-0.15, -0.1) is 11.3 Å². The fourth-order valence-corrected chi connectivity index (χ4v) is 5.89. The summed E-state index contributed by atoms with van der Waals surface area (Å²) in [6, 6.07) is 10.4. The molecule has 0 radical (unpaired) electrons. The molecule has 168 valence electrons. The number of hydrogen-bond donors (Lipinski definition) is 1. The van der Waals surface area contributed by atoms with Crippen molar-refractivity contribution in [3.05, 3.63) is 58.9 Å². The number of amides is 2. The molecule has 1 aliphatic heterocycles. The number of fused-ring (bicyclic) bond motifs is 3. The smallest absolute Gasteiger partial charge is 0.271 e. The number of hydrogen-bond acceptors (Lipinski definition) is 3. The maximum Gasteiger partial charge on any atom is 0.271 e. The zero-order valence-electron chi connectivity index (χ0n) is 18.4. The van der Waals surface area contributed by atoms with Gasteiger partial charge in [-0.2, -0.15) is 0 Å². The van der Waals surface area contributed by atoms with E-state index in [1.165, 1.54) is 6.07 Å². The number of aromatic nitrogens is 1. The van der Waals surface area contributed by atoms with Crippen LogP contribution in [0.15, 0.2) is 41.8 Å². The van der Waals surface area contributed by atoms with E-state index >= 15 is 0 Å². The van der Waals surface area contributed by atoms with Gasteiger partial charge in [0.2, 0.25) is 5.91 Å². The second-order valence-electron chi connectivity index (χ2n) is 9.47. The van der Waals surface area contributed by atoms with Crippen molar-refractivity contribution in [2.45, 2.75) is 64.2 Å². The van der Waals surface area contributed by atoms with Crippen molar-refractivity contribution < 1.29 is 14.0 Å². The first-order chi connectivity index (χ1) is 15.4. The maximum absolute atomic E-state index is 14.5. The van der Waals surface area contributed by atoms with Crippen LogP contribution in [0.2, 0.25) is 0 Å². The molecule has 3 aromatic rings. The number of rotatable bonds is 4. The number of thiophene rings is 1. The summed E-state index contributed by atoms with van der Waals surface area (Å²) in [6.07, 6.45) is 4.09. The molecule has 32 heavy (non-hydrogen) atoms. The molecule has 0 saturated heterocycles. The van der Waals surface area contributed by atoms with Crippen LogP contribution in [0, 0.1) is 11.7 Å². The van der Waals surface area contributed by atoms with Gasteiger partial charge in [0.1, 0.15) is 17.1 Å². The summed E-state index contributed by atoms with van der Waals surface area (Å²) < 4.78 is 17.5. The lowest BCUT2D eigenvalue weighted by molar-refractivity contribution is -0.134. The van der Waals surface area contributed by atoms with Gasteiger partial charge in [-0.05, 0) is 62.1 Å². The van der Waals surface area contributed by atoms with Crippen LogP contribution in [0.3, 0.4) is 0 Å². The van der Waals surface area contributed by atoms with Gasteiger partial charge in [0, 0.05) is 11.6 Å². The fraction of sp³-hybridized carbons (Fsp3) is 0.440. The molecular formula is C25H28FN3O2S. The van der Waals surface area contributed by atoms with Crippen molar-refractivity contribution in [1.82, 2.24) is 14.8 Å². The van der Waals surface area contributed by atoms with Crippen LogP contribution in [-0.2, 0) is 17.9 Å². The molecule has 7 heteroatoms. The van der Waals surface area contributed by atoms with Crippen LogP contribution in [0.4, 0.5) is 4.39 Å². The molecule has 1 atom stereocenters. The van der Waals surface area contributed by atoms with Gasteiger partial charge in [-0.1, -0.05) is 25.1 Å². The number of nitrogens with one attached hydrogen (secondary N) is 1. The second kappa shape index (κ2) is 8.03. The quantitative estimate of drug-likeness (QED) is 0.608. The Labute approximate surface area is 191 Å². The zero-order chi connectivity index (χ0) is 22.5. The Balaban J connectivity index is 1.52. The summed E-state index contributed by atoms with van der Waals surface area (Å²) in [5, 5.41) is 5.22. The molecule has 2 aliphatic rings. The predicted molar refractivity (Wildman–Crippen MR) is 124 cm³/mol. The Kier molecular flexibility index (Phi) is 5.32. The van der Waals surface area contributed by atoms with Gasteiger partial charge in [-0.3, -0.25) is 9.59 Å².